The summed E-state index contributed by atoms with van der Waals surface area (Å²) in [7, 11) is 1.09. The first-order chi connectivity index (χ1) is 11.3. The zero-order valence-electron chi connectivity index (χ0n) is 12.8. The molecule has 0 aliphatic heterocycles. The second-order valence-electron chi connectivity index (χ2n) is 4.83. The molecule has 0 saturated carbocycles. The van der Waals surface area contributed by atoms with Gasteiger partial charge in [0.1, 0.15) is 5.69 Å². The molecule has 2 aromatic carbocycles. The second-order valence-corrected chi connectivity index (χ2v) is 4.83. The number of nitro benzene ring substituents is 2. The summed E-state index contributed by atoms with van der Waals surface area (Å²) in [5.74, 6) is -0.919. The van der Waals surface area contributed by atoms with Crippen molar-refractivity contribution in [2.45, 2.75) is 6.92 Å². The topological polar surface area (TPSA) is 125 Å². The minimum atomic E-state index is -0.919. The molecule has 0 saturated heterocycles. The average Bonchev–Trinajstić information content (AvgIpc) is 2.55. The first-order valence-corrected chi connectivity index (χ1v) is 6.73. The summed E-state index contributed by atoms with van der Waals surface area (Å²) in [6, 6.07) is 8.68. The van der Waals surface area contributed by atoms with Crippen LogP contribution >= 0.6 is 0 Å². The van der Waals surface area contributed by atoms with Gasteiger partial charge in [0.15, 0.2) is 0 Å². The maximum Gasteiger partial charge on any atom is 0.340 e. The Morgan fingerprint density at radius 2 is 1.79 bits per heavy atom. The van der Waals surface area contributed by atoms with Gasteiger partial charge in [-0.3, -0.25) is 20.2 Å². The van der Waals surface area contributed by atoms with E-state index in [0.717, 1.165) is 24.8 Å². The van der Waals surface area contributed by atoms with Crippen molar-refractivity contribution in [3.63, 3.8) is 0 Å². The van der Waals surface area contributed by atoms with E-state index in [-0.39, 0.29) is 11.3 Å². The number of anilines is 2. The van der Waals surface area contributed by atoms with Gasteiger partial charge < -0.3 is 10.1 Å². The van der Waals surface area contributed by atoms with Crippen molar-refractivity contribution in [1.82, 2.24) is 0 Å². The van der Waals surface area contributed by atoms with Crippen LogP contribution in [0.5, 0.6) is 0 Å². The largest absolute Gasteiger partial charge is 0.465 e. The molecule has 0 bridgehead atoms. The third-order valence-electron chi connectivity index (χ3n) is 3.32. The van der Waals surface area contributed by atoms with Crippen LogP contribution in [0.1, 0.15) is 15.9 Å². The Kier molecular flexibility index (Phi) is 4.73. The first kappa shape index (κ1) is 16.9. The highest BCUT2D eigenvalue weighted by molar-refractivity contribution is 6.00. The molecule has 9 nitrogen and oxygen atoms in total. The van der Waals surface area contributed by atoms with Crippen molar-refractivity contribution in [1.29, 1.82) is 0 Å². The molecule has 2 aromatic rings. The summed E-state index contributed by atoms with van der Waals surface area (Å²) < 4.78 is 4.59. The molecule has 0 fully saturated rings. The molecule has 0 spiro atoms. The zero-order valence-corrected chi connectivity index (χ0v) is 12.8. The van der Waals surface area contributed by atoms with Crippen LogP contribution in [0.15, 0.2) is 36.4 Å². The van der Waals surface area contributed by atoms with Crippen LogP contribution in [0.4, 0.5) is 22.7 Å². The van der Waals surface area contributed by atoms with Crippen molar-refractivity contribution >= 4 is 28.7 Å². The van der Waals surface area contributed by atoms with E-state index >= 15 is 0 Å². The Hall–Kier alpha value is -3.49. The monoisotopic (exact) mass is 331 g/mol. The van der Waals surface area contributed by atoms with Gasteiger partial charge in [0.05, 0.1) is 28.6 Å². The highest BCUT2D eigenvalue weighted by Gasteiger charge is 2.28. The standard InChI is InChI=1S/C15H13N3O6/c1-9-5-3-4-6-12(9)16-14-11(15(19)24-2)7-10(17(20)21)8-13(14)18(22)23/h3-8,16H,1-2H3. The molecule has 2 rings (SSSR count). The lowest BCUT2D eigenvalue weighted by molar-refractivity contribution is -0.393. The Morgan fingerprint density at radius 3 is 2.33 bits per heavy atom. The maximum absolute atomic E-state index is 12.0. The minimum Gasteiger partial charge on any atom is -0.465 e. The fourth-order valence-electron chi connectivity index (χ4n) is 2.11. The van der Waals surface area contributed by atoms with Crippen LogP contribution in [0.2, 0.25) is 0 Å². The Balaban J connectivity index is 2.71. The van der Waals surface area contributed by atoms with Crippen LogP contribution in [0, 0.1) is 27.2 Å². The zero-order chi connectivity index (χ0) is 17.9. The Labute approximate surface area is 136 Å². The van der Waals surface area contributed by atoms with Gasteiger partial charge in [0.25, 0.3) is 11.4 Å². The number of aryl methyl sites for hydroxylation is 1. The third-order valence-corrected chi connectivity index (χ3v) is 3.32. The number of methoxy groups -OCH3 is 1. The fourth-order valence-corrected chi connectivity index (χ4v) is 2.11. The predicted molar refractivity (Wildman–Crippen MR) is 85.6 cm³/mol. The number of nitrogens with zero attached hydrogens (tertiary/aromatic N) is 2. The number of hydrogen-bond donors (Lipinski definition) is 1. The number of rotatable bonds is 5. The van der Waals surface area contributed by atoms with E-state index in [1.165, 1.54) is 0 Å². The van der Waals surface area contributed by atoms with Crippen molar-refractivity contribution < 1.29 is 19.4 Å². The van der Waals surface area contributed by atoms with Gasteiger partial charge in [0.2, 0.25) is 0 Å². The summed E-state index contributed by atoms with van der Waals surface area (Å²) in [6.07, 6.45) is 0. The molecule has 0 radical (unpaired) electrons. The highest BCUT2D eigenvalue weighted by Crippen LogP contribution is 2.36. The molecule has 0 aliphatic rings. The summed E-state index contributed by atoms with van der Waals surface area (Å²) in [6.45, 7) is 1.78. The van der Waals surface area contributed by atoms with Gasteiger partial charge in [-0.15, -0.1) is 0 Å². The molecule has 1 N–H and O–H groups in total. The molecule has 0 unspecified atom stereocenters. The normalized spacial score (nSPS) is 10.1. The number of ether oxygens (including phenoxy) is 1. The molecule has 9 heteroatoms. The lowest BCUT2D eigenvalue weighted by Crippen LogP contribution is -2.09. The number of carbonyl (C=O) groups excluding carboxylic acids is 1. The van der Waals surface area contributed by atoms with Crippen molar-refractivity contribution in [3.05, 3.63) is 67.8 Å². The summed E-state index contributed by atoms with van der Waals surface area (Å²) >= 11 is 0. The molecule has 0 atom stereocenters. The Bertz CT molecular complexity index is 834. The number of esters is 1. The van der Waals surface area contributed by atoms with E-state index < -0.39 is 27.2 Å². The summed E-state index contributed by atoms with van der Waals surface area (Å²) in [4.78, 5) is 32.7. The third kappa shape index (κ3) is 3.29. The lowest BCUT2D eigenvalue weighted by atomic mass is 10.1. The average molecular weight is 331 g/mol. The van der Waals surface area contributed by atoms with Gasteiger partial charge in [-0.1, -0.05) is 18.2 Å². The van der Waals surface area contributed by atoms with Crippen molar-refractivity contribution in [2.75, 3.05) is 12.4 Å². The molecular formula is C15H13N3O6. The van der Waals surface area contributed by atoms with E-state index in [0.29, 0.717) is 5.69 Å². The quantitative estimate of drug-likeness (QED) is 0.506. The number of carbonyl (C=O) groups is 1. The molecular weight excluding hydrogens is 318 g/mol. The van der Waals surface area contributed by atoms with E-state index in [9.17, 15) is 25.0 Å². The van der Waals surface area contributed by atoms with Crippen LogP contribution in [-0.4, -0.2) is 22.9 Å². The van der Waals surface area contributed by atoms with Crippen LogP contribution in [0.25, 0.3) is 0 Å². The van der Waals surface area contributed by atoms with Gasteiger partial charge >= 0.3 is 5.97 Å². The maximum atomic E-state index is 12.0. The SMILES string of the molecule is COC(=O)c1cc([N+](=O)[O-])cc([N+](=O)[O-])c1Nc1ccccc1C. The molecule has 0 heterocycles. The predicted octanol–water partition coefficient (Wildman–Crippen LogP) is 3.34. The van der Waals surface area contributed by atoms with E-state index in [4.69, 9.17) is 0 Å². The van der Waals surface area contributed by atoms with Gasteiger partial charge in [0, 0.05) is 11.8 Å². The van der Waals surface area contributed by atoms with Crippen LogP contribution < -0.4 is 5.32 Å². The minimum absolute atomic E-state index is 0.160. The number of non-ortho nitro benzene ring substituents is 1. The number of nitro groups is 2. The summed E-state index contributed by atoms with van der Waals surface area (Å²) in [5, 5.41) is 25.1. The number of nitrogens with one attached hydrogen (secondary N) is 1. The fraction of sp³-hybridized carbons (Fsp3) is 0.133. The van der Waals surface area contributed by atoms with Gasteiger partial charge in [-0.25, -0.2) is 4.79 Å². The first-order valence-electron chi connectivity index (χ1n) is 6.73. The second kappa shape index (κ2) is 6.73. The van der Waals surface area contributed by atoms with Gasteiger partial charge in [-0.05, 0) is 18.6 Å². The molecule has 0 aliphatic carbocycles. The van der Waals surface area contributed by atoms with E-state index in [1.54, 1.807) is 31.2 Å². The van der Waals surface area contributed by atoms with Crippen LogP contribution in [-0.2, 0) is 4.74 Å². The number of hydrogen-bond acceptors (Lipinski definition) is 7. The van der Waals surface area contributed by atoms with Gasteiger partial charge in [-0.2, -0.15) is 0 Å². The molecule has 0 aromatic heterocycles. The lowest BCUT2D eigenvalue weighted by Gasteiger charge is -2.13. The smallest absolute Gasteiger partial charge is 0.340 e. The van der Waals surface area contributed by atoms with Crippen molar-refractivity contribution in [2.24, 2.45) is 0 Å². The number of para-hydroxylation sites is 1. The van der Waals surface area contributed by atoms with E-state index in [2.05, 4.69) is 10.1 Å². The molecule has 24 heavy (non-hydrogen) atoms. The Morgan fingerprint density at radius 1 is 1.12 bits per heavy atom. The van der Waals surface area contributed by atoms with Crippen molar-refractivity contribution in [3.8, 4) is 0 Å². The number of benzene rings is 2. The molecule has 124 valence electrons. The van der Waals surface area contributed by atoms with Crippen LogP contribution in [0.3, 0.4) is 0 Å². The molecule has 0 amide bonds. The summed E-state index contributed by atoms with van der Waals surface area (Å²) in [5.41, 5.74) is -0.306. The van der Waals surface area contributed by atoms with E-state index in [1.807, 2.05) is 0 Å². The highest BCUT2D eigenvalue weighted by atomic mass is 16.6.